The lowest BCUT2D eigenvalue weighted by atomic mass is 9.84. The number of ether oxygens (including phenoxy) is 1. The summed E-state index contributed by atoms with van der Waals surface area (Å²) in [5.41, 5.74) is 5.06. The summed E-state index contributed by atoms with van der Waals surface area (Å²) in [6.07, 6.45) is 1.78. The molecule has 0 aliphatic heterocycles. The fraction of sp³-hybridized carbons (Fsp3) is 0.600. The minimum atomic E-state index is -2.05. The average Bonchev–Trinajstić information content (AvgIpc) is 2.39. The summed E-state index contributed by atoms with van der Waals surface area (Å²) >= 11 is 0. The number of aliphatic carboxylic acids is 1. The van der Waals surface area contributed by atoms with Gasteiger partial charge >= 0.3 is 5.97 Å². The molecule has 6 heteroatoms. The Morgan fingerprint density at radius 3 is 2.62 bits per heavy atom. The van der Waals surface area contributed by atoms with Crippen molar-refractivity contribution in [1.29, 1.82) is 0 Å². The number of carboxylic acids is 1. The molecule has 0 unspecified atom stereocenters. The minimum Gasteiger partial charge on any atom is -0.496 e. The third-order valence-electron chi connectivity index (χ3n) is 3.62. The first-order chi connectivity index (χ1) is 9.72. The highest BCUT2D eigenvalue weighted by Gasteiger charge is 2.43. The largest absolute Gasteiger partial charge is 0.496 e. The van der Waals surface area contributed by atoms with Gasteiger partial charge in [0.25, 0.3) is 0 Å². The number of nitrogens with zero attached hydrogens (tertiary/aromatic N) is 1. The lowest BCUT2D eigenvalue weighted by Gasteiger charge is -2.31. The van der Waals surface area contributed by atoms with E-state index in [1.54, 1.807) is 13.0 Å². The summed E-state index contributed by atoms with van der Waals surface area (Å²) in [6.45, 7) is 5.63. The molecule has 0 fully saturated rings. The topological polar surface area (TPSA) is 106 Å². The first kappa shape index (κ1) is 17.4. The maximum atomic E-state index is 11.5. The molecule has 0 saturated carbocycles. The molecule has 0 aromatic carbocycles. The summed E-state index contributed by atoms with van der Waals surface area (Å²) in [4.78, 5) is 15.7. The van der Waals surface area contributed by atoms with Crippen molar-refractivity contribution >= 4 is 5.97 Å². The van der Waals surface area contributed by atoms with Crippen LogP contribution in [0.25, 0.3) is 0 Å². The molecular weight excluding hydrogens is 272 g/mol. The van der Waals surface area contributed by atoms with Gasteiger partial charge in [-0.2, -0.15) is 0 Å². The normalized spacial score (nSPS) is 15.6. The van der Waals surface area contributed by atoms with Crippen LogP contribution in [0.5, 0.6) is 5.75 Å². The highest BCUT2D eigenvalue weighted by molar-refractivity contribution is 5.78. The molecule has 1 aromatic rings. The number of carbonyl (C=O) groups is 1. The van der Waals surface area contributed by atoms with Crippen molar-refractivity contribution in [3.8, 4) is 5.75 Å². The van der Waals surface area contributed by atoms with Crippen LogP contribution >= 0.6 is 0 Å². The highest BCUT2D eigenvalue weighted by Crippen LogP contribution is 2.26. The second-order valence-corrected chi connectivity index (χ2v) is 5.73. The van der Waals surface area contributed by atoms with Crippen molar-refractivity contribution < 1.29 is 19.7 Å². The van der Waals surface area contributed by atoms with E-state index in [1.807, 2.05) is 13.8 Å². The SMILES string of the molecule is COc1ccnc(C[C@](O)(C(=O)O)[C@@H](N)CC(C)C)c1C. The lowest BCUT2D eigenvalue weighted by Crippen LogP contribution is -2.56. The highest BCUT2D eigenvalue weighted by atomic mass is 16.5. The van der Waals surface area contributed by atoms with Gasteiger partial charge in [-0.05, 0) is 25.3 Å². The Balaban J connectivity index is 3.11. The molecule has 0 saturated heterocycles. The van der Waals surface area contributed by atoms with E-state index < -0.39 is 17.6 Å². The summed E-state index contributed by atoms with van der Waals surface area (Å²) in [7, 11) is 1.53. The fourth-order valence-electron chi connectivity index (χ4n) is 2.28. The summed E-state index contributed by atoms with van der Waals surface area (Å²) in [6, 6.07) is 0.814. The summed E-state index contributed by atoms with van der Waals surface area (Å²) in [5, 5.41) is 19.9. The Hall–Kier alpha value is -1.66. The molecular formula is C15H24N2O4. The zero-order valence-electron chi connectivity index (χ0n) is 13.0. The second-order valence-electron chi connectivity index (χ2n) is 5.73. The molecule has 0 spiro atoms. The molecule has 1 rings (SSSR count). The lowest BCUT2D eigenvalue weighted by molar-refractivity contribution is -0.161. The van der Waals surface area contributed by atoms with Crippen molar-refractivity contribution in [2.75, 3.05) is 7.11 Å². The predicted octanol–water partition coefficient (Wildman–Crippen LogP) is 1.13. The zero-order chi connectivity index (χ0) is 16.2. The van der Waals surface area contributed by atoms with Crippen molar-refractivity contribution in [1.82, 2.24) is 4.98 Å². The Morgan fingerprint density at radius 2 is 2.14 bits per heavy atom. The van der Waals surface area contributed by atoms with Crippen LogP contribution in [-0.2, 0) is 11.2 Å². The number of nitrogens with two attached hydrogens (primary N) is 1. The standard InChI is InChI=1S/C15H24N2O4/c1-9(2)7-13(16)15(20,14(18)19)8-11-10(3)12(21-4)5-6-17-11/h5-6,9,13,20H,7-8,16H2,1-4H3,(H,18,19)/t13-,15+/m0/s1. The van der Waals surface area contributed by atoms with E-state index in [-0.39, 0.29) is 12.3 Å². The van der Waals surface area contributed by atoms with Gasteiger partial charge in [0.1, 0.15) is 5.75 Å². The summed E-state index contributed by atoms with van der Waals surface area (Å²) in [5.74, 6) is -0.546. The van der Waals surface area contributed by atoms with Crippen molar-refractivity contribution in [3.63, 3.8) is 0 Å². The van der Waals surface area contributed by atoms with E-state index in [9.17, 15) is 15.0 Å². The third-order valence-corrected chi connectivity index (χ3v) is 3.62. The molecule has 1 aromatic heterocycles. The monoisotopic (exact) mass is 296 g/mol. The van der Waals surface area contributed by atoms with Crippen molar-refractivity contribution in [3.05, 3.63) is 23.5 Å². The molecule has 0 aliphatic rings. The van der Waals surface area contributed by atoms with Gasteiger partial charge in [0, 0.05) is 24.2 Å². The number of aliphatic hydroxyl groups is 1. The van der Waals surface area contributed by atoms with Crippen molar-refractivity contribution in [2.45, 2.75) is 45.3 Å². The Morgan fingerprint density at radius 1 is 1.52 bits per heavy atom. The predicted molar refractivity (Wildman–Crippen MR) is 79.2 cm³/mol. The van der Waals surface area contributed by atoms with Gasteiger partial charge in [0.15, 0.2) is 5.60 Å². The maximum Gasteiger partial charge on any atom is 0.337 e. The van der Waals surface area contributed by atoms with Crippen LogP contribution < -0.4 is 10.5 Å². The minimum absolute atomic E-state index is 0.154. The number of carboxylic acid groups (broad SMARTS) is 1. The molecule has 0 bridgehead atoms. The van der Waals surface area contributed by atoms with Crippen LogP contribution in [0.2, 0.25) is 0 Å². The van der Waals surface area contributed by atoms with Gasteiger partial charge in [-0.15, -0.1) is 0 Å². The molecule has 0 aliphatic carbocycles. The molecule has 1 heterocycles. The van der Waals surface area contributed by atoms with Gasteiger partial charge < -0.3 is 20.7 Å². The zero-order valence-corrected chi connectivity index (χ0v) is 13.0. The molecule has 6 nitrogen and oxygen atoms in total. The van der Waals surface area contributed by atoms with E-state index in [0.717, 1.165) is 0 Å². The van der Waals surface area contributed by atoms with E-state index in [0.29, 0.717) is 23.4 Å². The molecule has 0 amide bonds. The third kappa shape index (κ3) is 3.92. The smallest absolute Gasteiger partial charge is 0.337 e. The molecule has 0 radical (unpaired) electrons. The van der Waals surface area contributed by atoms with Gasteiger partial charge in [0.2, 0.25) is 0 Å². The molecule has 4 N–H and O–H groups in total. The van der Waals surface area contributed by atoms with Crippen LogP contribution in [0.1, 0.15) is 31.5 Å². The van der Waals surface area contributed by atoms with Crippen LogP contribution in [-0.4, -0.2) is 39.9 Å². The van der Waals surface area contributed by atoms with Crippen molar-refractivity contribution in [2.24, 2.45) is 11.7 Å². The van der Waals surface area contributed by atoms with Crippen LogP contribution in [0.15, 0.2) is 12.3 Å². The quantitative estimate of drug-likeness (QED) is 0.696. The average molecular weight is 296 g/mol. The van der Waals surface area contributed by atoms with E-state index >= 15 is 0 Å². The first-order valence-corrected chi connectivity index (χ1v) is 6.92. The van der Waals surface area contributed by atoms with Crippen LogP contribution in [0.4, 0.5) is 0 Å². The molecule has 21 heavy (non-hydrogen) atoms. The number of methoxy groups -OCH3 is 1. The molecule has 2 atom stereocenters. The number of hydrogen-bond acceptors (Lipinski definition) is 5. The van der Waals surface area contributed by atoms with Crippen LogP contribution in [0.3, 0.4) is 0 Å². The van der Waals surface area contributed by atoms with Crippen LogP contribution in [0, 0.1) is 12.8 Å². The number of rotatable bonds is 7. The van der Waals surface area contributed by atoms with Gasteiger partial charge in [0.05, 0.1) is 12.8 Å². The van der Waals surface area contributed by atoms with E-state index in [1.165, 1.54) is 13.3 Å². The summed E-state index contributed by atoms with van der Waals surface area (Å²) < 4.78 is 5.19. The van der Waals surface area contributed by atoms with Gasteiger partial charge in [-0.3, -0.25) is 4.98 Å². The number of aromatic nitrogens is 1. The second kappa shape index (κ2) is 6.87. The number of hydrogen-bond donors (Lipinski definition) is 3. The fourth-order valence-corrected chi connectivity index (χ4v) is 2.28. The Kier molecular flexibility index (Phi) is 5.69. The van der Waals surface area contributed by atoms with Gasteiger partial charge in [-0.1, -0.05) is 13.8 Å². The Labute approximate surface area is 125 Å². The Bertz CT molecular complexity index is 504. The van der Waals surface area contributed by atoms with E-state index in [2.05, 4.69) is 4.98 Å². The number of pyridine rings is 1. The molecule has 118 valence electrons. The van der Waals surface area contributed by atoms with Gasteiger partial charge in [-0.25, -0.2) is 4.79 Å². The van der Waals surface area contributed by atoms with E-state index in [4.69, 9.17) is 10.5 Å². The first-order valence-electron chi connectivity index (χ1n) is 6.92. The maximum absolute atomic E-state index is 11.5.